The summed E-state index contributed by atoms with van der Waals surface area (Å²) in [7, 11) is 0. The Bertz CT molecular complexity index is 292. The van der Waals surface area contributed by atoms with Crippen LogP contribution in [-0.2, 0) is 0 Å². The molecule has 22 heavy (non-hydrogen) atoms. The highest BCUT2D eigenvalue weighted by molar-refractivity contribution is 4.92. The molecule has 1 aliphatic carbocycles. The molecule has 0 amide bonds. The SMILES string of the molecule is CC1C(C)C(CCNC(C)(C)C)C(C)C1CCNC(C)(C)C. The van der Waals surface area contributed by atoms with Crippen molar-refractivity contribution in [1.82, 2.24) is 10.6 Å². The van der Waals surface area contributed by atoms with Crippen LogP contribution in [0.2, 0.25) is 0 Å². The lowest BCUT2D eigenvalue weighted by molar-refractivity contribution is 0.267. The molecular formula is C20H42N2. The molecule has 0 aromatic rings. The zero-order valence-electron chi connectivity index (χ0n) is 16.7. The van der Waals surface area contributed by atoms with Gasteiger partial charge in [0, 0.05) is 11.1 Å². The summed E-state index contributed by atoms with van der Waals surface area (Å²) in [6.45, 7) is 23.4. The molecule has 0 radical (unpaired) electrons. The minimum Gasteiger partial charge on any atom is -0.312 e. The summed E-state index contributed by atoms with van der Waals surface area (Å²) in [6, 6.07) is 0. The first kappa shape index (κ1) is 20.0. The van der Waals surface area contributed by atoms with E-state index in [2.05, 4.69) is 72.9 Å². The Morgan fingerprint density at radius 3 is 1.18 bits per heavy atom. The molecule has 2 N–H and O–H groups in total. The van der Waals surface area contributed by atoms with Crippen LogP contribution in [0.25, 0.3) is 0 Å². The highest BCUT2D eigenvalue weighted by Gasteiger charge is 2.42. The van der Waals surface area contributed by atoms with E-state index in [9.17, 15) is 0 Å². The Morgan fingerprint density at radius 1 is 0.591 bits per heavy atom. The van der Waals surface area contributed by atoms with Crippen molar-refractivity contribution in [1.29, 1.82) is 0 Å². The van der Waals surface area contributed by atoms with Crippen LogP contribution >= 0.6 is 0 Å². The first-order valence-corrected chi connectivity index (χ1v) is 9.42. The van der Waals surface area contributed by atoms with Gasteiger partial charge in [-0.3, -0.25) is 0 Å². The molecule has 2 heteroatoms. The van der Waals surface area contributed by atoms with E-state index in [1.165, 1.54) is 12.8 Å². The van der Waals surface area contributed by atoms with Crippen LogP contribution in [0.3, 0.4) is 0 Å². The van der Waals surface area contributed by atoms with Crippen molar-refractivity contribution in [3.8, 4) is 0 Å². The Labute approximate surface area is 140 Å². The monoisotopic (exact) mass is 310 g/mol. The van der Waals surface area contributed by atoms with Crippen LogP contribution in [0.1, 0.15) is 75.2 Å². The lowest BCUT2D eigenvalue weighted by Crippen LogP contribution is -2.38. The third kappa shape index (κ3) is 6.20. The molecule has 1 rings (SSSR count). The average Bonchev–Trinajstić information content (AvgIpc) is 2.52. The third-order valence-corrected chi connectivity index (χ3v) is 5.80. The lowest BCUT2D eigenvalue weighted by atomic mass is 9.85. The molecule has 0 aromatic carbocycles. The second kappa shape index (κ2) is 7.66. The van der Waals surface area contributed by atoms with Crippen LogP contribution in [0.4, 0.5) is 0 Å². The van der Waals surface area contributed by atoms with Gasteiger partial charge in [-0.15, -0.1) is 0 Å². The van der Waals surface area contributed by atoms with Crippen molar-refractivity contribution in [3.63, 3.8) is 0 Å². The standard InChI is InChI=1S/C20H42N2/c1-14-15(2)18(11-13-22-20(7,8)9)16(3)17(14)10-12-21-19(4,5)6/h14-18,21-22H,10-13H2,1-9H3. The third-order valence-electron chi connectivity index (χ3n) is 5.80. The molecule has 1 fully saturated rings. The average molecular weight is 311 g/mol. The van der Waals surface area contributed by atoms with Gasteiger partial charge >= 0.3 is 0 Å². The molecule has 0 bridgehead atoms. The molecule has 1 saturated carbocycles. The van der Waals surface area contributed by atoms with Gasteiger partial charge in [-0.25, -0.2) is 0 Å². The first-order valence-electron chi connectivity index (χ1n) is 9.42. The van der Waals surface area contributed by atoms with E-state index in [4.69, 9.17) is 0 Å². The van der Waals surface area contributed by atoms with Crippen molar-refractivity contribution < 1.29 is 0 Å². The van der Waals surface area contributed by atoms with Crippen LogP contribution in [-0.4, -0.2) is 24.2 Å². The Morgan fingerprint density at radius 2 is 0.909 bits per heavy atom. The maximum absolute atomic E-state index is 3.67. The molecule has 0 saturated heterocycles. The van der Waals surface area contributed by atoms with Gasteiger partial charge in [0.15, 0.2) is 0 Å². The second-order valence-corrected chi connectivity index (χ2v) is 9.84. The number of nitrogens with one attached hydrogen (secondary N) is 2. The van der Waals surface area contributed by atoms with Crippen LogP contribution in [0, 0.1) is 29.6 Å². The number of hydrogen-bond donors (Lipinski definition) is 2. The minimum atomic E-state index is 0.243. The quantitative estimate of drug-likeness (QED) is 0.743. The fraction of sp³-hybridized carbons (Fsp3) is 1.00. The zero-order valence-corrected chi connectivity index (χ0v) is 16.7. The largest absolute Gasteiger partial charge is 0.312 e. The molecular weight excluding hydrogens is 268 g/mol. The summed E-state index contributed by atoms with van der Waals surface area (Å²) >= 11 is 0. The van der Waals surface area contributed by atoms with Crippen molar-refractivity contribution in [2.24, 2.45) is 29.6 Å². The van der Waals surface area contributed by atoms with E-state index >= 15 is 0 Å². The second-order valence-electron chi connectivity index (χ2n) is 9.84. The Hall–Kier alpha value is -0.0800. The molecule has 1 aliphatic rings. The van der Waals surface area contributed by atoms with E-state index in [-0.39, 0.29) is 11.1 Å². The summed E-state index contributed by atoms with van der Waals surface area (Å²) in [5.41, 5.74) is 0.486. The number of rotatable bonds is 6. The molecule has 0 aliphatic heterocycles. The Kier molecular flexibility index (Phi) is 6.95. The van der Waals surface area contributed by atoms with Crippen molar-refractivity contribution in [2.45, 2.75) is 86.2 Å². The van der Waals surface area contributed by atoms with Gasteiger partial charge < -0.3 is 10.6 Å². The van der Waals surface area contributed by atoms with Gasteiger partial charge in [0.05, 0.1) is 0 Å². The van der Waals surface area contributed by atoms with Crippen molar-refractivity contribution >= 4 is 0 Å². The van der Waals surface area contributed by atoms with Gasteiger partial charge in [-0.2, -0.15) is 0 Å². The molecule has 4 atom stereocenters. The summed E-state index contributed by atoms with van der Waals surface area (Å²) in [6.07, 6.45) is 2.65. The topological polar surface area (TPSA) is 24.1 Å². The highest BCUT2D eigenvalue weighted by atomic mass is 14.9. The van der Waals surface area contributed by atoms with E-state index in [0.717, 1.165) is 42.7 Å². The fourth-order valence-electron chi connectivity index (χ4n) is 4.33. The van der Waals surface area contributed by atoms with Gasteiger partial charge in [0.1, 0.15) is 0 Å². The van der Waals surface area contributed by atoms with E-state index in [0.29, 0.717) is 0 Å². The minimum absolute atomic E-state index is 0.243. The normalized spacial score (nSPS) is 33.4. The molecule has 0 heterocycles. The maximum Gasteiger partial charge on any atom is 0.00965 e. The summed E-state index contributed by atoms with van der Waals surface area (Å²) in [4.78, 5) is 0. The predicted octanol–water partition coefficient (Wildman–Crippen LogP) is 4.70. The van der Waals surface area contributed by atoms with E-state index in [1.807, 2.05) is 0 Å². The highest BCUT2D eigenvalue weighted by Crippen LogP contribution is 2.48. The molecule has 132 valence electrons. The summed E-state index contributed by atoms with van der Waals surface area (Å²) in [5.74, 6) is 4.33. The first-order chi connectivity index (χ1) is 9.92. The smallest absolute Gasteiger partial charge is 0.00965 e. The Balaban J connectivity index is 2.49. The van der Waals surface area contributed by atoms with Crippen LogP contribution in [0.5, 0.6) is 0 Å². The van der Waals surface area contributed by atoms with E-state index < -0.39 is 0 Å². The summed E-state index contributed by atoms with van der Waals surface area (Å²) in [5, 5.41) is 7.34. The maximum atomic E-state index is 3.67. The predicted molar refractivity (Wildman–Crippen MR) is 99.2 cm³/mol. The van der Waals surface area contributed by atoms with Crippen molar-refractivity contribution in [2.75, 3.05) is 13.1 Å². The molecule has 0 aromatic heterocycles. The van der Waals surface area contributed by atoms with Crippen molar-refractivity contribution in [3.05, 3.63) is 0 Å². The summed E-state index contributed by atoms with van der Waals surface area (Å²) < 4.78 is 0. The molecule has 2 nitrogen and oxygen atoms in total. The van der Waals surface area contributed by atoms with Crippen LogP contribution < -0.4 is 10.6 Å². The molecule has 4 unspecified atom stereocenters. The van der Waals surface area contributed by atoms with Gasteiger partial charge in [-0.05, 0) is 97.1 Å². The molecule has 0 spiro atoms. The zero-order chi connectivity index (χ0) is 17.1. The van der Waals surface area contributed by atoms with Crippen LogP contribution in [0.15, 0.2) is 0 Å². The van der Waals surface area contributed by atoms with E-state index in [1.54, 1.807) is 0 Å². The lowest BCUT2D eigenvalue weighted by Gasteiger charge is -2.27. The van der Waals surface area contributed by atoms with Gasteiger partial charge in [0.2, 0.25) is 0 Å². The van der Waals surface area contributed by atoms with Gasteiger partial charge in [-0.1, -0.05) is 20.8 Å². The fourth-order valence-corrected chi connectivity index (χ4v) is 4.33. The van der Waals surface area contributed by atoms with Gasteiger partial charge in [0.25, 0.3) is 0 Å². The number of hydrogen-bond acceptors (Lipinski definition) is 2.